The molecule has 1 N–H and O–H groups in total. The van der Waals surface area contributed by atoms with Crippen LogP contribution in [0.25, 0.3) is 0 Å². The van der Waals surface area contributed by atoms with Gasteiger partial charge in [-0.2, -0.15) is 0 Å². The summed E-state index contributed by atoms with van der Waals surface area (Å²) in [6.45, 7) is 20.5. The highest BCUT2D eigenvalue weighted by Gasteiger charge is 2.43. The topological polar surface area (TPSA) is 65.0 Å². The van der Waals surface area contributed by atoms with Crippen LogP contribution in [0.4, 0.5) is 0 Å². The second-order valence-corrected chi connectivity index (χ2v) is 22.2. The maximum atomic E-state index is 11.2. The van der Waals surface area contributed by atoms with Crippen molar-refractivity contribution in [2.75, 3.05) is 0 Å². The molecule has 0 saturated heterocycles. The largest absolute Gasteiger partial charge is 0.478 e. The fourth-order valence-corrected chi connectivity index (χ4v) is 16.3. The Kier molecular flexibility index (Phi) is 8.86. The predicted octanol–water partition coefficient (Wildman–Crippen LogP) is 3.59. The summed E-state index contributed by atoms with van der Waals surface area (Å²) in [6.07, 6.45) is 1.71. The van der Waals surface area contributed by atoms with E-state index in [1.54, 1.807) is 0 Å². The van der Waals surface area contributed by atoms with E-state index in [-0.39, 0.29) is 11.1 Å². The van der Waals surface area contributed by atoms with Crippen LogP contribution in [0.5, 0.6) is 0 Å². The molecule has 0 aromatic carbocycles. The van der Waals surface area contributed by atoms with Crippen molar-refractivity contribution in [1.29, 1.82) is 0 Å². The van der Waals surface area contributed by atoms with Gasteiger partial charge >= 0.3 is 14.8 Å². The van der Waals surface area contributed by atoms with Crippen molar-refractivity contribution in [3.8, 4) is 0 Å². The fraction of sp³-hybridized carbons (Fsp3) is 0.786. The molecule has 1 atom stereocenters. The quantitative estimate of drug-likeness (QED) is 0.428. The van der Waals surface area contributed by atoms with Crippen LogP contribution in [-0.4, -0.2) is 46.3 Å². The molecular formula is C14H34O5Si4. The number of rotatable bonds is 11. The maximum Gasteiger partial charge on any atom is 0.465 e. The second kappa shape index (κ2) is 8.88. The second-order valence-electron chi connectivity index (χ2n) is 7.92. The van der Waals surface area contributed by atoms with Crippen LogP contribution in [0.3, 0.4) is 0 Å². The summed E-state index contributed by atoms with van der Waals surface area (Å²) >= 11 is 0. The van der Waals surface area contributed by atoms with Crippen LogP contribution in [0.1, 0.15) is 19.8 Å². The van der Waals surface area contributed by atoms with Gasteiger partial charge in [-0.1, -0.05) is 19.9 Å². The molecule has 0 amide bonds. The van der Waals surface area contributed by atoms with Crippen molar-refractivity contribution in [3.05, 3.63) is 12.2 Å². The number of carbonyl (C=O) groups is 1. The molecule has 0 aromatic heterocycles. The standard InChI is InChI=1S/C14H34O5Si4/c1-10-11-13(12(2)14(15)16)20-17-23(9,18-21(3,4)5)19-22(6,7)8/h13H,2,10-11,20H2,1,3-9H3,(H,15,16). The summed E-state index contributed by atoms with van der Waals surface area (Å²) in [6, 6.07) is 0. The Hall–Kier alpha value is -0.0425. The SMILES string of the molecule is C=C(C(=O)O)C(CCC)[SiH2]O[Si](C)(O[Si](C)(C)C)O[Si](C)(C)C. The Balaban J connectivity index is 5.13. The molecule has 0 heterocycles. The first-order chi connectivity index (χ1) is 10.2. The summed E-state index contributed by atoms with van der Waals surface area (Å²) in [5.74, 6) is -0.930. The van der Waals surface area contributed by atoms with Crippen molar-refractivity contribution >= 4 is 41.2 Å². The lowest BCUT2D eigenvalue weighted by atomic mass is 10.1. The third kappa shape index (κ3) is 10.4. The van der Waals surface area contributed by atoms with E-state index in [0.29, 0.717) is 0 Å². The molecule has 0 fully saturated rings. The summed E-state index contributed by atoms with van der Waals surface area (Å²) in [4.78, 5) is 11.2. The van der Waals surface area contributed by atoms with Gasteiger partial charge in [-0.25, -0.2) is 4.79 Å². The van der Waals surface area contributed by atoms with Crippen molar-refractivity contribution in [2.24, 2.45) is 0 Å². The van der Waals surface area contributed by atoms with Crippen molar-refractivity contribution in [3.63, 3.8) is 0 Å². The molecule has 0 saturated carbocycles. The molecule has 0 bridgehead atoms. The maximum absolute atomic E-state index is 11.2. The molecule has 0 aliphatic carbocycles. The molecule has 5 nitrogen and oxygen atoms in total. The highest BCUT2D eigenvalue weighted by Crippen LogP contribution is 2.26. The first-order valence-corrected chi connectivity index (χ1v) is 18.6. The van der Waals surface area contributed by atoms with Crippen LogP contribution in [-0.2, 0) is 17.1 Å². The first-order valence-electron chi connectivity index (χ1n) is 8.15. The third-order valence-corrected chi connectivity index (χ3v) is 14.9. The van der Waals surface area contributed by atoms with E-state index in [0.717, 1.165) is 12.8 Å². The van der Waals surface area contributed by atoms with Gasteiger partial charge in [-0.05, 0) is 45.7 Å². The first kappa shape index (κ1) is 23.0. The minimum Gasteiger partial charge on any atom is -0.478 e. The molecule has 0 aromatic rings. The number of carboxylic acid groups (broad SMARTS) is 1. The minimum atomic E-state index is -2.74. The molecule has 0 radical (unpaired) electrons. The number of hydrogen-bond donors (Lipinski definition) is 1. The summed E-state index contributed by atoms with van der Waals surface area (Å²) in [5.41, 5.74) is 0.190. The van der Waals surface area contributed by atoms with Gasteiger partial charge in [0.25, 0.3) is 0 Å². The molecule has 0 aliphatic heterocycles. The van der Waals surface area contributed by atoms with Gasteiger partial charge in [0, 0.05) is 17.7 Å². The zero-order chi connectivity index (χ0) is 18.5. The Morgan fingerprint density at radius 2 is 1.52 bits per heavy atom. The fourth-order valence-electron chi connectivity index (χ4n) is 2.33. The van der Waals surface area contributed by atoms with E-state index in [1.165, 1.54) is 0 Å². The number of hydrogen-bond acceptors (Lipinski definition) is 4. The van der Waals surface area contributed by atoms with Gasteiger partial charge in [0.1, 0.15) is 0 Å². The van der Waals surface area contributed by atoms with Crippen LogP contribution < -0.4 is 0 Å². The minimum absolute atomic E-state index is 0.0696. The van der Waals surface area contributed by atoms with Crippen LogP contribution >= 0.6 is 0 Å². The molecule has 9 heteroatoms. The lowest BCUT2D eigenvalue weighted by Crippen LogP contribution is -2.55. The predicted molar refractivity (Wildman–Crippen MR) is 106 cm³/mol. The van der Waals surface area contributed by atoms with E-state index in [9.17, 15) is 9.90 Å². The molecule has 136 valence electrons. The van der Waals surface area contributed by atoms with Gasteiger partial charge in [0.15, 0.2) is 26.4 Å². The summed E-state index contributed by atoms with van der Waals surface area (Å²) < 4.78 is 18.8. The average Bonchev–Trinajstić information content (AvgIpc) is 2.28. The van der Waals surface area contributed by atoms with Gasteiger partial charge in [0.2, 0.25) is 0 Å². The summed E-state index contributed by atoms with van der Waals surface area (Å²) in [5, 5.41) is 9.21. The Morgan fingerprint density at radius 1 is 1.09 bits per heavy atom. The smallest absolute Gasteiger partial charge is 0.465 e. The molecule has 1 unspecified atom stereocenters. The van der Waals surface area contributed by atoms with E-state index in [1.807, 2.05) is 13.5 Å². The zero-order valence-electron chi connectivity index (χ0n) is 16.0. The lowest BCUT2D eigenvalue weighted by Gasteiger charge is -2.38. The van der Waals surface area contributed by atoms with E-state index in [4.69, 9.17) is 12.3 Å². The van der Waals surface area contributed by atoms with Crippen molar-refractivity contribution in [1.82, 2.24) is 0 Å². The van der Waals surface area contributed by atoms with Crippen molar-refractivity contribution < 1.29 is 22.2 Å². The van der Waals surface area contributed by atoms with E-state index in [2.05, 4.69) is 45.9 Å². The Bertz CT molecular complexity index is 398. The average molecular weight is 395 g/mol. The molecule has 23 heavy (non-hydrogen) atoms. The molecule has 0 aliphatic rings. The monoisotopic (exact) mass is 394 g/mol. The van der Waals surface area contributed by atoms with Crippen LogP contribution in [0, 0.1) is 0 Å². The molecule has 0 rings (SSSR count). The van der Waals surface area contributed by atoms with Crippen LogP contribution in [0.2, 0.25) is 51.4 Å². The number of aliphatic carboxylic acids is 1. The van der Waals surface area contributed by atoms with Gasteiger partial charge in [0.05, 0.1) is 0 Å². The van der Waals surface area contributed by atoms with E-state index >= 15 is 0 Å². The Morgan fingerprint density at radius 3 is 1.83 bits per heavy atom. The summed E-state index contributed by atoms with van der Waals surface area (Å²) in [7, 11) is -7.51. The normalized spacial score (nSPS) is 15.1. The Labute approximate surface area is 147 Å². The number of carboxylic acids is 1. The van der Waals surface area contributed by atoms with Gasteiger partial charge in [-0.3, -0.25) is 0 Å². The molecule has 0 spiro atoms. The zero-order valence-corrected chi connectivity index (χ0v) is 20.4. The van der Waals surface area contributed by atoms with Gasteiger partial charge in [-0.15, -0.1) is 0 Å². The van der Waals surface area contributed by atoms with Gasteiger partial charge < -0.3 is 17.5 Å². The lowest BCUT2D eigenvalue weighted by molar-refractivity contribution is -0.132. The van der Waals surface area contributed by atoms with Crippen LogP contribution in [0.15, 0.2) is 12.2 Å². The van der Waals surface area contributed by atoms with E-state index < -0.39 is 41.2 Å². The van der Waals surface area contributed by atoms with Crippen molar-refractivity contribution in [2.45, 2.75) is 71.1 Å². The third-order valence-electron chi connectivity index (χ3n) is 2.93. The highest BCUT2D eigenvalue weighted by molar-refractivity contribution is 6.86. The highest BCUT2D eigenvalue weighted by atomic mass is 28.5. The molecular weight excluding hydrogens is 360 g/mol.